The largest absolute Gasteiger partial charge is 0.342 e. The lowest BCUT2D eigenvalue weighted by molar-refractivity contribution is 0.0934. The topological polar surface area (TPSA) is 54.9 Å². The van der Waals surface area contributed by atoms with Gasteiger partial charge in [-0.15, -0.1) is 21.5 Å². The first-order chi connectivity index (χ1) is 8.70. The summed E-state index contributed by atoms with van der Waals surface area (Å²) >= 11 is 8.40. The number of nitrogens with one attached hydrogen (secondary N) is 1. The number of hydrogen-bond donors (Lipinski definition) is 1. The zero-order valence-electron chi connectivity index (χ0n) is 9.72. The lowest BCUT2D eigenvalue weighted by Crippen LogP contribution is -2.27. The Balaban J connectivity index is 2.07. The molecule has 0 bridgehead atoms. The van der Waals surface area contributed by atoms with Crippen LogP contribution in [0.5, 0.6) is 0 Å². The Labute approximate surface area is 118 Å². The van der Waals surface area contributed by atoms with Crippen LogP contribution in [0.3, 0.4) is 0 Å². The summed E-state index contributed by atoms with van der Waals surface area (Å²) in [5, 5.41) is 12.6. The van der Waals surface area contributed by atoms with Gasteiger partial charge >= 0.3 is 0 Å². The third-order valence-corrected chi connectivity index (χ3v) is 4.37. The maximum atomic E-state index is 12.0. The second-order valence-corrected chi connectivity index (χ2v) is 6.23. The van der Waals surface area contributed by atoms with Gasteiger partial charge in [0.15, 0.2) is 0 Å². The van der Waals surface area contributed by atoms with Gasteiger partial charge in [0.1, 0.15) is 0 Å². The summed E-state index contributed by atoms with van der Waals surface area (Å²) in [6, 6.07) is 4.04. The van der Waals surface area contributed by atoms with Gasteiger partial charge < -0.3 is 5.32 Å². The number of halogens is 1. The average Bonchev–Trinajstić information content (AvgIpc) is 2.98. The van der Waals surface area contributed by atoms with Crippen LogP contribution < -0.4 is 5.32 Å². The molecule has 2 aromatic heterocycles. The molecule has 0 saturated carbocycles. The van der Waals surface area contributed by atoms with Crippen LogP contribution in [0, 0.1) is 0 Å². The summed E-state index contributed by atoms with van der Waals surface area (Å²) in [7, 11) is 0. The molecule has 7 heteroatoms. The number of amides is 1. The van der Waals surface area contributed by atoms with Crippen molar-refractivity contribution in [2.45, 2.75) is 25.8 Å². The second-order valence-electron chi connectivity index (χ2n) is 3.69. The van der Waals surface area contributed by atoms with Gasteiger partial charge in [-0.25, -0.2) is 0 Å². The quantitative estimate of drug-likeness (QED) is 0.919. The summed E-state index contributed by atoms with van der Waals surface area (Å²) in [5.74, 6) is -0.216. The molecule has 1 amide bonds. The van der Waals surface area contributed by atoms with E-state index in [4.69, 9.17) is 11.6 Å². The highest BCUT2D eigenvalue weighted by Gasteiger charge is 2.18. The third-order valence-electron chi connectivity index (χ3n) is 2.36. The predicted octanol–water partition coefficient (Wildman–Crippen LogP) is 3.52. The van der Waals surface area contributed by atoms with Crippen molar-refractivity contribution in [1.29, 1.82) is 0 Å². The van der Waals surface area contributed by atoms with Crippen molar-refractivity contribution in [3.63, 3.8) is 0 Å². The summed E-state index contributed by atoms with van der Waals surface area (Å²) < 4.78 is 0.281. The molecule has 96 valence electrons. The SMILES string of the molecule is CCCC(NC(=O)c1nnc(Cl)s1)c1cccs1. The van der Waals surface area contributed by atoms with Gasteiger partial charge in [0.05, 0.1) is 6.04 Å². The van der Waals surface area contributed by atoms with E-state index in [1.807, 2.05) is 17.5 Å². The van der Waals surface area contributed by atoms with Crippen molar-refractivity contribution in [2.24, 2.45) is 0 Å². The van der Waals surface area contributed by atoms with E-state index in [-0.39, 0.29) is 16.4 Å². The Morgan fingerprint density at radius 2 is 2.39 bits per heavy atom. The molecule has 0 aromatic carbocycles. The first kappa shape index (κ1) is 13.5. The van der Waals surface area contributed by atoms with E-state index in [1.54, 1.807) is 11.3 Å². The number of hydrogen-bond acceptors (Lipinski definition) is 5. The molecule has 0 aliphatic carbocycles. The number of nitrogens with zero attached hydrogens (tertiary/aromatic N) is 2. The van der Waals surface area contributed by atoms with Crippen molar-refractivity contribution >= 4 is 40.2 Å². The van der Waals surface area contributed by atoms with E-state index < -0.39 is 0 Å². The molecule has 2 rings (SSSR count). The number of carbonyl (C=O) groups is 1. The van der Waals surface area contributed by atoms with Crippen molar-refractivity contribution in [3.8, 4) is 0 Å². The Kier molecular flexibility index (Phi) is 4.68. The van der Waals surface area contributed by atoms with E-state index in [0.29, 0.717) is 5.01 Å². The molecule has 1 unspecified atom stereocenters. The Morgan fingerprint density at radius 1 is 1.56 bits per heavy atom. The van der Waals surface area contributed by atoms with Crippen LogP contribution in [0.15, 0.2) is 17.5 Å². The van der Waals surface area contributed by atoms with Gasteiger partial charge in [0.25, 0.3) is 5.91 Å². The first-order valence-electron chi connectivity index (χ1n) is 5.54. The van der Waals surface area contributed by atoms with E-state index in [2.05, 4.69) is 22.4 Å². The van der Waals surface area contributed by atoms with Crippen LogP contribution in [0.1, 0.15) is 40.5 Å². The molecule has 1 atom stereocenters. The minimum absolute atomic E-state index is 0.0326. The van der Waals surface area contributed by atoms with Crippen molar-refractivity contribution in [3.05, 3.63) is 31.9 Å². The van der Waals surface area contributed by atoms with Crippen LogP contribution >= 0.6 is 34.3 Å². The fourth-order valence-electron chi connectivity index (χ4n) is 1.58. The Hall–Kier alpha value is -0.980. The molecule has 0 saturated heterocycles. The Morgan fingerprint density at radius 3 is 2.94 bits per heavy atom. The number of carbonyl (C=O) groups excluding carboxylic acids is 1. The minimum Gasteiger partial charge on any atom is -0.342 e. The van der Waals surface area contributed by atoms with Crippen molar-refractivity contribution in [2.75, 3.05) is 0 Å². The molecule has 0 spiro atoms. The predicted molar refractivity (Wildman–Crippen MR) is 74.4 cm³/mol. The van der Waals surface area contributed by atoms with Crippen LogP contribution in [-0.2, 0) is 0 Å². The third kappa shape index (κ3) is 3.28. The molecule has 0 fully saturated rings. The van der Waals surface area contributed by atoms with E-state index in [0.717, 1.165) is 29.1 Å². The van der Waals surface area contributed by atoms with Gasteiger partial charge in [-0.1, -0.05) is 30.7 Å². The minimum atomic E-state index is -0.216. The maximum Gasteiger partial charge on any atom is 0.282 e. The van der Waals surface area contributed by atoms with E-state index in [1.165, 1.54) is 0 Å². The lowest BCUT2D eigenvalue weighted by atomic mass is 10.1. The fraction of sp³-hybridized carbons (Fsp3) is 0.364. The van der Waals surface area contributed by atoms with Crippen LogP contribution in [-0.4, -0.2) is 16.1 Å². The molecule has 4 nitrogen and oxygen atoms in total. The smallest absolute Gasteiger partial charge is 0.282 e. The average molecular weight is 302 g/mol. The summed E-state index contributed by atoms with van der Waals surface area (Å²) in [5.41, 5.74) is 0. The van der Waals surface area contributed by atoms with Crippen molar-refractivity contribution in [1.82, 2.24) is 15.5 Å². The van der Waals surface area contributed by atoms with E-state index >= 15 is 0 Å². The maximum absolute atomic E-state index is 12.0. The lowest BCUT2D eigenvalue weighted by Gasteiger charge is -2.15. The molecule has 2 aromatic rings. The first-order valence-corrected chi connectivity index (χ1v) is 7.61. The molecule has 1 N–H and O–H groups in total. The van der Waals surface area contributed by atoms with Crippen LogP contribution in [0.4, 0.5) is 0 Å². The molecule has 0 aliphatic rings. The second kappa shape index (κ2) is 6.26. The zero-order chi connectivity index (χ0) is 13.0. The van der Waals surface area contributed by atoms with Crippen LogP contribution in [0.2, 0.25) is 4.47 Å². The fourth-order valence-corrected chi connectivity index (χ4v) is 3.12. The Bertz CT molecular complexity index is 512. The number of rotatable bonds is 5. The van der Waals surface area contributed by atoms with Crippen LogP contribution in [0.25, 0.3) is 0 Å². The number of thiophene rings is 1. The highest BCUT2D eigenvalue weighted by Crippen LogP contribution is 2.24. The summed E-state index contributed by atoms with van der Waals surface area (Å²) in [6.07, 6.45) is 1.90. The normalized spacial score (nSPS) is 12.3. The highest BCUT2D eigenvalue weighted by atomic mass is 35.5. The number of aromatic nitrogens is 2. The van der Waals surface area contributed by atoms with Gasteiger partial charge in [-0.3, -0.25) is 4.79 Å². The standard InChI is InChI=1S/C11H12ClN3OS2/c1-2-4-7(8-5-3-6-17-8)13-9(16)10-14-15-11(12)18-10/h3,5-7H,2,4H2,1H3,(H,13,16). The van der Waals surface area contributed by atoms with E-state index in [9.17, 15) is 4.79 Å². The van der Waals surface area contributed by atoms with Gasteiger partial charge in [-0.05, 0) is 29.5 Å². The molecule has 0 aliphatic heterocycles. The van der Waals surface area contributed by atoms with Crippen molar-refractivity contribution < 1.29 is 4.79 Å². The van der Waals surface area contributed by atoms with Gasteiger partial charge in [0.2, 0.25) is 9.47 Å². The summed E-state index contributed by atoms with van der Waals surface area (Å²) in [6.45, 7) is 2.09. The monoisotopic (exact) mass is 301 g/mol. The zero-order valence-corrected chi connectivity index (χ0v) is 12.1. The molecule has 2 heterocycles. The van der Waals surface area contributed by atoms with Gasteiger partial charge in [-0.2, -0.15) is 0 Å². The highest BCUT2D eigenvalue weighted by molar-refractivity contribution is 7.17. The molecule has 18 heavy (non-hydrogen) atoms. The molecular formula is C11H12ClN3OS2. The van der Waals surface area contributed by atoms with Gasteiger partial charge in [0, 0.05) is 4.88 Å². The summed E-state index contributed by atoms with van der Waals surface area (Å²) in [4.78, 5) is 13.1. The molecular weight excluding hydrogens is 290 g/mol. The molecule has 0 radical (unpaired) electrons.